The minimum absolute atomic E-state index is 0.183. The van der Waals surface area contributed by atoms with Gasteiger partial charge in [0.05, 0.1) is 0 Å². The van der Waals surface area contributed by atoms with E-state index >= 15 is 0 Å². The molecule has 0 aliphatic rings. The molecule has 0 bridgehead atoms. The van der Waals surface area contributed by atoms with Crippen LogP contribution < -0.4 is 0 Å². The first-order valence-corrected chi connectivity index (χ1v) is 5.22. The van der Waals surface area contributed by atoms with Gasteiger partial charge in [0.25, 0.3) is 5.84 Å². The lowest BCUT2D eigenvalue weighted by Gasteiger charge is -1.99. The summed E-state index contributed by atoms with van der Waals surface area (Å²) < 4.78 is 0. The van der Waals surface area contributed by atoms with Crippen LogP contribution in [-0.2, 0) is 4.79 Å². The zero-order valence-corrected chi connectivity index (χ0v) is 7.64. The van der Waals surface area contributed by atoms with Crippen molar-refractivity contribution in [2.75, 3.05) is 6.26 Å². The topological polar surface area (TPSA) is 17.1 Å². The number of rotatable bonds is 3. The van der Waals surface area contributed by atoms with E-state index in [1.54, 1.807) is 11.6 Å². The molecular formula is C5H11BOS2. The molecule has 0 aliphatic heterocycles. The Balaban J connectivity index is 3.28. The van der Waals surface area contributed by atoms with Gasteiger partial charge in [0, 0.05) is 5.92 Å². The highest BCUT2D eigenvalue weighted by atomic mass is 32.2. The Kier molecular flexibility index (Phi) is 5.49. The first kappa shape index (κ1) is 9.43. The Labute approximate surface area is 65.4 Å². The summed E-state index contributed by atoms with van der Waals surface area (Å²) >= 11 is 3.10. The van der Waals surface area contributed by atoms with Gasteiger partial charge in [0.15, 0.2) is 5.12 Å². The highest BCUT2D eigenvalue weighted by Crippen LogP contribution is 2.11. The van der Waals surface area contributed by atoms with Gasteiger partial charge in [-0.25, -0.2) is 11.6 Å². The summed E-state index contributed by atoms with van der Waals surface area (Å²) in [6.07, 6.45) is 2.00. The van der Waals surface area contributed by atoms with E-state index in [0.29, 0.717) is 5.12 Å². The molecule has 0 rings (SSSR count). The summed E-state index contributed by atoms with van der Waals surface area (Å²) in [5, 5.41) is 0.296. The summed E-state index contributed by atoms with van der Waals surface area (Å²) in [6.45, 7) is 3.85. The second-order valence-electron chi connectivity index (χ2n) is 2.02. The Morgan fingerprint density at radius 2 is 2.11 bits per heavy atom. The third-order valence-electron chi connectivity index (χ3n) is 0.790. The fourth-order valence-electron chi connectivity index (χ4n) is 0.284. The summed E-state index contributed by atoms with van der Waals surface area (Å²) in [5.74, 6) is 1.07. The zero-order valence-electron chi connectivity index (χ0n) is 6.01. The monoisotopic (exact) mass is 162 g/mol. The van der Waals surface area contributed by atoms with Gasteiger partial charge in [0.2, 0.25) is 0 Å². The van der Waals surface area contributed by atoms with Gasteiger partial charge >= 0.3 is 0 Å². The van der Waals surface area contributed by atoms with Crippen LogP contribution in [0.1, 0.15) is 13.8 Å². The van der Waals surface area contributed by atoms with Crippen LogP contribution in [0.25, 0.3) is 0 Å². The number of carbonyl (C=O) groups is 1. The van der Waals surface area contributed by atoms with Gasteiger partial charge in [-0.3, -0.25) is 4.79 Å². The minimum atomic E-state index is 0.183. The van der Waals surface area contributed by atoms with E-state index in [2.05, 4.69) is 0 Å². The normalized spacial score (nSPS) is 9.78. The minimum Gasteiger partial charge on any atom is -0.288 e. The molecule has 52 valence electrons. The lowest BCUT2D eigenvalue weighted by atomic mass is 10.3. The van der Waals surface area contributed by atoms with Crippen molar-refractivity contribution in [2.45, 2.75) is 13.8 Å². The molecule has 0 aromatic heterocycles. The van der Waals surface area contributed by atoms with E-state index in [1.165, 1.54) is 11.6 Å². The highest BCUT2D eigenvalue weighted by molar-refractivity contribution is 8.55. The molecule has 0 radical (unpaired) electrons. The van der Waals surface area contributed by atoms with Gasteiger partial charge in [-0.15, -0.1) is 11.6 Å². The first-order valence-electron chi connectivity index (χ1n) is 2.84. The van der Waals surface area contributed by atoms with Crippen LogP contribution in [0, 0.1) is 5.92 Å². The third-order valence-corrected chi connectivity index (χ3v) is 2.96. The van der Waals surface area contributed by atoms with Crippen molar-refractivity contribution in [1.82, 2.24) is 0 Å². The Bertz CT molecular complexity index is 95.0. The predicted octanol–water partition coefficient (Wildman–Crippen LogP) is 1.53. The van der Waals surface area contributed by atoms with Gasteiger partial charge in [-0.2, -0.15) is 0 Å². The Morgan fingerprint density at radius 3 is 2.44 bits per heavy atom. The molecular weight excluding hydrogens is 151 g/mol. The number of carbonyl (C=O) groups excluding carboxylic acids is 1. The van der Waals surface area contributed by atoms with Crippen molar-refractivity contribution >= 4 is 34.2 Å². The molecule has 0 amide bonds. The van der Waals surface area contributed by atoms with Gasteiger partial charge < -0.3 is 0 Å². The molecule has 9 heavy (non-hydrogen) atoms. The van der Waals surface area contributed by atoms with Crippen molar-refractivity contribution in [1.29, 1.82) is 0 Å². The summed E-state index contributed by atoms with van der Waals surface area (Å²) in [4.78, 5) is 10.9. The predicted molar refractivity (Wildman–Crippen MR) is 48.1 cm³/mol. The van der Waals surface area contributed by atoms with Crippen molar-refractivity contribution in [2.24, 2.45) is 5.92 Å². The number of hydrogen-bond donors (Lipinski definition) is 0. The van der Waals surface area contributed by atoms with Crippen molar-refractivity contribution in [3.63, 3.8) is 0 Å². The van der Waals surface area contributed by atoms with E-state index < -0.39 is 0 Å². The Hall–Kier alpha value is 0.435. The van der Waals surface area contributed by atoms with Crippen molar-refractivity contribution < 1.29 is 4.79 Å². The summed E-state index contributed by atoms with van der Waals surface area (Å²) in [5.41, 5.74) is 0. The van der Waals surface area contributed by atoms with E-state index in [4.69, 9.17) is 0 Å². The zero-order chi connectivity index (χ0) is 7.28. The summed E-state index contributed by atoms with van der Waals surface area (Å²) in [7, 11) is 0. The second kappa shape index (κ2) is 5.24. The highest BCUT2D eigenvalue weighted by Gasteiger charge is 2.06. The molecule has 0 saturated carbocycles. The quantitative estimate of drug-likeness (QED) is 0.586. The van der Waals surface area contributed by atoms with Crippen molar-refractivity contribution in [3.05, 3.63) is 0 Å². The van der Waals surface area contributed by atoms with Gasteiger partial charge in [-0.05, 0) is 6.26 Å². The fraction of sp³-hybridized carbons (Fsp3) is 0.800. The third kappa shape index (κ3) is 4.91. The van der Waals surface area contributed by atoms with Crippen LogP contribution >= 0.6 is 23.2 Å². The molecule has 0 unspecified atom stereocenters. The lowest BCUT2D eigenvalue weighted by molar-refractivity contribution is -0.113. The van der Waals surface area contributed by atoms with E-state index in [9.17, 15) is 4.79 Å². The maximum absolute atomic E-state index is 10.9. The maximum Gasteiger partial charge on any atom is 0.266 e. The fourth-order valence-corrected chi connectivity index (χ4v) is 1.55. The molecule has 0 aromatic rings. The van der Waals surface area contributed by atoms with Gasteiger partial charge in [-0.1, -0.05) is 13.8 Å². The standard InChI is InChI=1S/C5H11BOS2/c1-4(2)5(7)9-6-8-3/h4,6H,1-3H3. The molecule has 0 heterocycles. The average Bonchev–Trinajstić information content (AvgIpc) is 1.82. The molecule has 0 aromatic carbocycles. The first-order chi connectivity index (χ1) is 4.18. The van der Waals surface area contributed by atoms with Crippen LogP contribution in [0.3, 0.4) is 0 Å². The van der Waals surface area contributed by atoms with E-state index in [0.717, 1.165) is 5.84 Å². The molecule has 0 atom stereocenters. The molecule has 0 saturated heterocycles. The largest absolute Gasteiger partial charge is 0.288 e. The molecule has 0 fully saturated rings. The van der Waals surface area contributed by atoms with Crippen LogP contribution in [0.2, 0.25) is 0 Å². The second-order valence-corrected chi connectivity index (χ2v) is 4.24. The maximum atomic E-state index is 10.9. The molecule has 0 aliphatic carbocycles. The average molecular weight is 162 g/mol. The smallest absolute Gasteiger partial charge is 0.266 e. The van der Waals surface area contributed by atoms with E-state index in [1.807, 2.05) is 20.1 Å². The van der Waals surface area contributed by atoms with Crippen molar-refractivity contribution in [3.8, 4) is 0 Å². The molecule has 1 nitrogen and oxygen atoms in total. The van der Waals surface area contributed by atoms with Crippen LogP contribution in [0.5, 0.6) is 0 Å². The molecule has 0 spiro atoms. The van der Waals surface area contributed by atoms with Gasteiger partial charge in [0.1, 0.15) is 0 Å². The van der Waals surface area contributed by atoms with E-state index in [-0.39, 0.29) is 5.92 Å². The molecule has 4 heteroatoms. The number of hydrogen-bond acceptors (Lipinski definition) is 3. The lowest BCUT2D eigenvalue weighted by Crippen LogP contribution is -2.02. The summed E-state index contributed by atoms with van der Waals surface area (Å²) in [6, 6.07) is 0. The van der Waals surface area contributed by atoms with Crippen LogP contribution in [0.15, 0.2) is 0 Å². The SMILES string of the molecule is CSBSC(=O)C(C)C. The Morgan fingerprint density at radius 1 is 1.56 bits per heavy atom. The van der Waals surface area contributed by atoms with Crippen LogP contribution in [-0.4, -0.2) is 17.2 Å². The van der Waals surface area contributed by atoms with Crippen LogP contribution in [0.4, 0.5) is 0 Å². The molecule has 0 N–H and O–H groups in total.